The first-order chi connectivity index (χ1) is 13.7. The molecule has 1 saturated heterocycles. The van der Waals surface area contributed by atoms with E-state index in [-0.39, 0.29) is 17.6 Å². The molecule has 1 amide bonds. The van der Waals surface area contributed by atoms with Crippen molar-refractivity contribution in [3.8, 4) is 5.95 Å². The fourth-order valence-corrected chi connectivity index (χ4v) is 3.46. The molecule has 144 valence electrons. The number of aromatic nitrogens is 4. The van der Waals surface area contributed by atoms with Crippen LogP contribution in [0, 0.1) is 11.7 Å². The first-order valence-electron chi connectivity index (χ1n) is 9.27. The van der Waals surface area contributed by atoms with Crippen LogP contribution in [0.25, 0.3) is 5.95 Å². The van der Waals surface area contributed by atoms with Gasteiger partial charge in [-0.3, -0.25) is 9.69 Å². The molecule has 1 unspecified atom stereocenters. The number of anilines is 1. The Morgan fingerprint density at radius 1 is 1.25 bits per heavy atom. The van der Waals surface area contributed by atoms with E-state index in [1.165, 1.54) is 10.7 Å². The number of nitrogens with zero attached hydrogens (tertiary/aromatic N) is 5. The maximum atomic E-state index is 13.4. The molecule has 1 aromatic carbocycles. The van der Waals surface area contributed by atoms with Gasteiger partial charge in [0.25, 0.3) is 0 Å². The van der Waals surface area contributed by atoms with Gasteiger partial charge in [0.15, 0.2) is 0 Å². The van der Waals surface area contributed by atoms with Crippen LogP contribution in [-0.2, 0) is 11.3 Å². The standard InChI is InChI=1S/C20H21FN6O/c21-17-6-1-4-15(10-17)12-26-9-2-5-16(13-26)19(28)25-18-11-24-27(14-18)20-22-7-3-8-23-20/h1,3-4,6-8,10-11,14,16H,2,5,9,12-13H2,(H,25,28). The van der Waals surface area contributed by atoms with Crippen molar-refractivity contribution in [2.45, 2.75) is 19.4 Å². The normalized spacial score (nSPS) is 17.4. The predicted molar refractivity (Wildman–Crippen MR) is 102 cm³/mol. The minimum Gasteiger partial charge on any atom is -0.323 e. The molecule has 1 aliphatic rings. The van der Waals surface area contributed by atoms with Gasteiger partial charge < -0.3 is 5.32 Å². The summed E-state index contributed by atoms with van der Waals surface area (Å²) in [6.45, 7) is 2.20. The lowest BCUT2D eigenvalue weighted by Crippen LogP contribution is -2.40. The van der Waals surface area contributed by atoms with E-state index in [0.717, 1.165) is 24.9 Å². The molecule has 0 bridgehead atoms. The lowest BCUT2D eigenvalue weighted by atomic mass is 9.96. The molecule has 7 nitrogen and oxygen atoms in total. The van der Waals surface area contributed by atoms with E-state index < -0.39 is 0 Å². The van der Waals surface area contributed by atoms with Crippen molar-refractivity contribution in [1.29, 1.82) is 0 Å². The molecule has 8 heteroatoms. The van der Waals surface area contributed by atoms with Crippen molar-refractivity contribution < 1.29 is 9.18 Å². The number of carbonyl (C=O) groups is 1. The van der Waals surface area contributed by atoms with Gasteiger partial charge in [-0.25, -0.2) is 19.0 Å². The third-order valence-electron chi connectivity index (χ3n) is 4.78. The van der Waals surface area contributed by atoms with E-state index in [0.29, 0.717) is 24.7 Å². The van der Waals surface area contributed by atoms with E-state index in [2.05, 4.69) is 25.3 Å². The molecule has 1 aliphatic heterocycles. The Morgan fingerprint density at radius 3 is 2.93 bits per heavy atom. The Balaban J connectivity index is 1.36. The maximum absolute atomic E-state index is 13.4. The first kappa shape index (κ1) is 18.2. The molecule has 0 spiro atoms. The molecule has 4 rings (SSSR count). The lowest BCUT2D eigenvalue weighted by molar-refractivity contribution is -0.121. The summed E-state index contributed by atoms with van der Waals surface area (Å²) in [6.07, 6.45) is 8.32. The van der Waals surface area contributed by atoms with E-state index in [9.17, 15) is 9.18 Å². The number of amides is 1. The highest BCUT2D eigenvalue weighted by molar-refractivity contribution is 5.92. The molecule has 1 atom stereocenters. The highest BCUT2D eigenvalue weighted by Gasteiger charge is 2.26. The number of halogens is 1. The minimum atomic E-state index is -0.233. The summed E-state index contributed by atoms with van der Waals surface area (Å²) < 4.78 is 14.9. The molecular weight excluding hydrogens is 359 g/mol. The quantitative estimate of drug-likeness (QED) is 0.736. The Kier molecular flexibility index (Phi) is 5.38. The van der Waals surface area contributed by atoms with Crippen LogP contribution in [0.2, 0.25) is 0 Å². The third kappa shape index (κ3) is 4.40. The third-order valence-corrected chi connectivity index (χ3v) is 4.78. The summed E-state index contributed by atoms with van der Waals surface area (Å²) in [5.74, 6) is 0.0706. The lowest BCUT2D eigenvalue weighted by Gasteiger charge is -2.31. The largest absolute Gasteiger partial charge is 0.323 e. The van der Waals surface area contributed by atoms with E-state index in [4.69, 9.17) is 0 Å². The van der Waals surface area contributed by atoms with Crippen LogP contribution in [0.3, 0.4) is 0 Å². The van der Waals surface area contributed by atoms with Gasteiger partial charge in [-0.1, -0.05) is 12.1 Å². The average Bonchev–Trinajstić information content (AvgIpc) is 3.17. The molecule has 0 saturated carbocycles. The Morgan fingerprint density at radius 2 is 2.11 bits per heavy atom. The number of carbonyl (C=O) groups excluding carboxylic acids is 1. The second-order valence-electron chi connectivity index (χ2n) is 6.92. The molecular formula is C20H21FN6O. The van der Waals surface area contributed by atoms with Crippen molar-refractivity contribution in [1.82, 2.24) is 24.6 Å². The van der Waals surface area contributed by atoms with E-state index in [1.54, 1.807) is 43.0 Å². The number of benzene rings is 1. The number of rotatable bonds is 5. The van der Waals surface area contributed by atoms with Gasteiger partial charge in [0.05, 0.1) is 24.0 Å². The van der Waals surface area contributed by atoms with Crippen molar-refractivity contribution in [3.63, 3.8) is 0 Å². The van der Waals surface area contributed by atoms with Gasteiger partial charge in [-0.05, 0) is 43.1 Å². The van der Waals surface area contributed by atoms with Crippen molar-refractivity contribution in [2.75, 3.05) is 18.4 Å². The number of nitrogens with one attached hydrogen (secondary N) is 1. The SMILES string of the molecule is O=C(Nc1cnn(-c2ncccn2)c1)C1CCCN(Cc2cccc(F)c2)C1. The number of likely N-dealkylation sites (tertiary alicyclic amines) is 1. The fourth-order valence-electron chi connectivity index (χ4n) is 3.46. The molecule has 0 aliphatic carbocycles. The number of hydrogen-bond donors (Lipinski definition) is 1. The summed E-state index contributed by atoms with van der Waals surface area (Å²) in [7, 11) is 0. The van der Waals surface area contributed by atoms with Crippen LogP contribution >= 0.6 is 0 Å². The van der Waals surface area contributed by atoms with Crippen LogP contribution in [0.5, 0.6) is 0 Å². The highest BCUT2D eigenvalue weighted by Crippen LogP contribution is 2.21. The molecule has 1 N–H and O–H groups in total. The molecule has 1 fully saturated rings. The second kappa shape index (κ2) is 8.26. The maximum Gasteiger partial charge on any atom is 0.250 e. The summed E-state index contributed by atoms with van der Waals surface area (Å²) in [4.78, 5) is 23.2. The summed E-state index contributed by atoms with van der Waals surface area (Å²) in [5.41, 5.74) is 1.53. The molecule has 28 heavy (non-hydrogen) atoms. The zero-order chi connectivity index (χ0) is 19.3. The van der Waals surface area contributed by atoms with Crippen LogP contribution in [-0.4, -0.2) is 43.6 Å². The van der Waals surface area contributed by atoms with Crippen LogP contribution < -0.4 is 5.32 Å². The van der Waals surface area contributed by atoms with Gasteiger partial charge in [-0.15, -0.1) is 0 Å². The van der Waals surface area contributed by atoms with E-state index in [1.807, 2.05) is 6.07 Å². The number of hydrogen-bond acceptors (Lipinski definition) is 5. The van der Waals surface area contributed by atoms with Gasteiger partial charge in [0.2, 0.25) is 11.9 Å². The zero-order valence-electron chi connectivity index (χ0n) is 15.3. The number of piperidine rings is 1. The van der Waals surface area contributed by atoms with Crippen LogP contribution in [0.15, 0.2) is 55.1 Å². The monoisotopic (exact) mass is 380 g/mol. The topological polar surface area (TPSA) is 75.9 Å². The Hall–Kier alpha value is -3.13. The molecule has 2 aromatic heterocycles. The molecule has 0 radical (unpaired) electrons. The van der Waals surface area contributed by atoms with Gasteiger partial charge >= 0.3 is 0 Å². The van der Waals surface area contributed by atoms with Crippen LogP contribution in [0.1, 0.15) is 18.4 Å². The van der Waals surface area contributed by atoms with Crippen molar-refractivity contribution >= 4 is 11.6 Å². The van der Waals surface area contributed by atoms with Gasteiger partial charge in [0.1, 0.15) is 5.82 Å². The summed E-state index contributed by atoms with van der Waals surface area (Å²) in [6, 6.07) is 8.34. The average molecular weight is 380 g/mol. The second-order valence-corrected chi connectivity index (χ2v) is 6.92. The molecule has 3 heterocycles. The van der Waals surface area contributed by atoms with Crippen molar-refractivity contribution in [3.05, 3.63) is 66.5 Å². The van der Waals surface area contributed by atoms with Gasteiger partial charge in [0, 0.05) is 25.5 Å². The summed E-state index contributed by atoms with van der Waals surface area (Å²) >= 11 is 0. The zero-order valence-corrected chi connectivity index (χ0v) is 15.3. The molecule has 3 aromatic rings. The Bertz CT molecular complexity index is 945. The Labute approximate surface area is 162 Å². The van der Waals surface area contributed by atoms with Crippen molar-refractivity contribution in [2.24, 2.45) is 5.92 Å². The minimum absolute atomic E-state index is 0.0301. The summed E-state index contributed by atoms with van der Waals surface area (Å²) in [5, 5.41) is 7.13. The van der Waals surface area contributed by atoms with Gasteiger partial charge in [-0.2, -0.15) is 5.10 Å². The van der Waals surface area contributed by atoms with E-state index >= 15 is 0 Å². The first-order valence-corrected chi connectivity index (χ1v) is 9.27. The predicted octanol–water partition coefficient (Wildman–Crippen LogP) is 2.65. The van der Waals surface area contributed by atoms with Crippen LogP contribution in [0.4, 0.5) is 10.1 Å². The highest BCUT2D eigenvalue weighted by atomic mass is 19.1. The smallest absolute Gasteiger partial charge is 0.250 e. The fraction of sp³-hybridized carbons (Fsp3) is 0.300.